The number of furan rings is 1. The van der Waals surface area contributed by atoms with E-state index in [-0.39, 0.29) is 50.1 Å². The van der Waals surface area contributed by atoms with Gasteiger partial charge in [0.1, 0.15) is 16.7 Å². The maximum atomic E-state index is 14.2. The van der Waals surface area contributed by atoms with E-state index in [1.54, 1.807) is 91.0 Å². The Hall–Kier alpha value is -5.62. The van der Waals surface area contributed by atoms with Gasteiger partial charge in [-0.15, -0.1) is 0 Å². The van der Waals surface area contributed by atoms with Crippen molar-refractivity contribution in [3.8, 4) is 0 Å². The van der Waals surface area contributed by atoms with Crippen molar-refractivity contribution in [2.24, 2.45) is 0 Å². The van der Waals surface area contributed by atoms with Crippen LogP contribution in [0.4, 0.5) is 0 Å². The van der Waals surface area contributed by atoms with Gasteiger partial charge in [-0.25, -0.2) is 4.79 Å². The van der Waals surface area contributed by atoms with Gasteiger partial charge < -0.3 is 8.83 Å². The summed E-state index contributed by atoms with van der Waals surface area (Å²) in [4.78, 5) is 55.3. The van der Waals surface area contributed by atoms with E-state index in [1.807, 2.05) is 19.1 Å². The molecule has 0 saturated carbocycles. The number of Topliss-reactive ketones (excluding diaryl/α,β-unsaturated/α-hetero) is 2. The Morgan fingerprint density at radius 1 is 0.634 bits per heavy atom. The molecule has 1 aliphatic carbocycles. The molecule has 0 bridgehead atoms. The normalized spacial score (nSPS) is 12.8. The first-order valence-electron chi connectivity index (χ1n) is 13.0. The van der Waals surface area contributed by atoms with Gasteiger partial charge in [-0.2, -0.15) is 0 Å². The molecule has 6 nitrogen and oxygen atoms in total. The summed E-state index contributed by atoms with van der Waals surface area (Å²) in [6, 6.07) is 29.2. The van der Waals surface area contributed by atoms with Crippen LogP contribution in [-0.2, 0) is 0 Å². The molecule has 0 N–H and O–H groups in total. The van der Waals surface area contributed by atoms with Gasteiger partial charge in [0, 0.05) is 22.3 Å². The second-order valence-corrected chi connectivity index (χ2v) is 9.91. The Labute approximate surface area is 233 Å². The van der Waals surface area contributed by atoms with Gasteiger partial charge in [0.2, 0.25) is 0 Å². The number of carbonyl (C=O) groups excluding carboxylic acids is 3. The van der Waals surface area contributed by atoms with Crippen molar-refractivity contribution in [1.82, 2.24) is 0 Å². The summed E-state index contributed by atoms with van der Waals surface area (Å²) in [6.45, 7) is 1.92. The predicted octanol–water partition coefficient (Wildman–Crippen LogP) is 6.96. The van der Waals surface area contributed by atoms with E-state index in [0.717, 1.165) is 5.56 Å². The summed E-state index contributed by atoms with van der Waals surface area (Å²) in [5, 5.41) is 0.434. The molecular formula is C35H20O6. The highest BCUT2D eigenvalue weighted by atomic mass is 16.4. The number of benzene rings is 4. The minimum absolute atomic E-state index is 0.0362. The van der Waals surface area contributed by atoms with Crippen LogP contribution < -0.4 is 5.63 Å². The molecule has 0 atom stereocenters. The highest BCUT2D eigenvalue weighted by molar-refractivity contribution is 6.43. The van der Waals surface area contributed by atoms with Crippen LogP contribution >= 0.6 is 0 Å². The summed E-state index contributed by atoms with van der Waals surface area (Å²) in [7, 11) is 0. The monoisotopic (exact) mass is 536 g/mol. The SMILES string of the molecule is Cc1ccc(C(=C2C(=O)c3ccccc3C2=O)c2oc3c(c2C(=O)c2ccccc2)c(=O)oc2ccccc23)cc1. The lowest BCUT2D eigenvalue weighted by Gasteiger charge is -2.11. The van der Waals surface area contributed by atoms with Crippen LogP contribution in [0.5, 0.6) is 0 Å². The standard InChI is InChI=1S/C35H20O6/c1-19-15-17-20(18-16-19)26(27-31(37)22-11-5-6-12-23(22)32(27)38)34-28(30(36)21-9-3-2-4-10-21)29-33(41-34)24-13-7-8-14-25(24)40-35(29)39/h2-18H,1H3. The molecule has 7 rings (SSSR count). The number of fused-ring (bicyclic) bond motifs is 4. The lowest BCUT2D eigenvalue weighted by Crippen LogP contribution is -2.11. The first kappa shape index (κ1) is 24.4. The molecular weight excluding hydrogens is 516 g/mol. The number of rotatable bonds is 4. The summed E-state index contributed by atoms with van der Waals surface area (Å²) >= 11 is 0. The largest absolute Gasteiger partial charge is 0.454 e. The summed E-state index contributed by atoms with van der Waals surface area (Å²) < 4.78 is 12.1. The molecule has 0 radical (unpaired) electrons. The van der Waals surface area contributed by atoms with Crippen LogP contribution in [-0.4, -0.2) is 17.3 Å². The Kier molecular flexibility index (Phi) is 5.51. The first-order valence-corrected chi connectivity index (χ1v) is 13.0. The van der Waals surface area contributed by atoms with Gasteiger partial charge in [0.05, 0.1) is 16.5 Å². The fraction of sp³-hybridized carbons (Fsp3) is 0.0286. The van der Waals surface area contributed by atoms with E-state index >= 15 is 0 Å². The molecule has 2 aromatic heterocycles. The van der Waals surface area contributed by atoms with Gasteiger partial charge in [0.25, 0.3) is 0 Å². The van der Waals surface area contributed by atoms with Gasteiger partial charge in [-0.05, 0) is 24.6 Å². The van der Waals surface area contributed by atoms with Gasteiger partial charge in [0.15, 0.2) is 22.9 Å². The molecule has 2 heterocycles. The van der Waals surface area contributed by atoms with Crippen LogP contribution in [0.15, 0.2) is 122 Å². The van der Waals surface area contributed by atoms with Crippen molar-refractivity contribution >= 4 is 44.9 Å². The van der Waals surface area contributed by atoms with E-state index in [4.69, 9.17) is 8.83 Å². The van der Waals surface area contributed by atoms with Crippen molar-refractivity contribution in [1.29, 1.82) is 0 Å². The minimum Gasteiger partial charge on any atom is -0.454 e. The van der Waals surface area contributed by atoms with Crippen molar-refractivity contribution in [3.05, 3.63) is 158 Å². The van der Waals surface area contributed by atoms with E-state index < -0.39 is 23.0 Å². The Bertz CT molecular complexity index is 2120. The van der Waals surface area contributed by atoms with Crippen molar-refractivity contribution in [2.75, 3.05) is 0 Å². The molecule has 0 saturated heterocycles. The minimum atomic E-state index is -0.756. The Morgan fingerprint density at radius 3 is 1.93 bits per heavy atom. The molecule has 4 aromatic carbocycles. The second-order valence-electron chi connectivity index (χ2n) is 9.91. The molecule has 0 aliphatic heterocycles. The maximum Gasteiger partial charge on any atom is 0.348 e. The number of para-hydroxylation sites is 1. The van der Waals surface area contributed by atoms with Gasteiger partial charge in [-0.1, -0.05) is 96.6 Å². The quantitative estimate of drug-likeness (QED) is 0.105. The molecule has 0 fully saturated rings. The highest BCUT2D eigenvalue weighted by Gasteiger charge is 2.39. The fourth-order valence-electron chi connectivity index (χ4n) is 5.42. The van der Waals surface area contributed by atoms with E-state index in [9.17, 15) is 19.2 Å². The van der Waals surface area contributed by atoms with Gasteiger partial charge in [-0.3, -0.25) is 14.4 Å². The van der Waals surface area contributed by atoms with Crippen molar-refractivity contribution < 1.29 is 23.2 Å². The van der Waals surface area contributed by atoms with E-state index in [2.05, 4.69) is 0 Å². The summed E-state index contributed by atoms with van der Waals surface area (Å²) in [5.74, 6) is -1.48. The van der Waals surface area contributed by atoms with Crippen LogP contribution in [0.1, 0.15) is 53.5 Å². The number of ketones is 3. The van der Waals surface area contributed by atoms with Crippen molar-refractivity contribution in [2.45, 2.75) is 6.92 Å². The Morgan fingerprint density at radius 2 is 1.24 bits per heavy atom. The van der Waals surface area contributed by atoms with Crippen LogP contribution in [0.25, 0.3) is 27.5 Å². The second kappa shape index (κ2) is 9.24. The average Bonchev–Trinajstić information content (AvgIpc) is 3.51. The third kappa shape index (κ3) is 3.72. The molecule has 196 valence electrons. The van der Waals surface area contributed by atoms with Crippen LogP contribution in [0.2, 0.25) is 0 Å². The zero-order chi connectivity index (χ0) is 28.2. The molecule has 6 heteroatoms. The zero-order valence-corrected chi connectivity index (χ0v) is 21.8. The number of hydrogen-bond acceptors (Lipinski definition) is 6. The van der Waals surface area contributed by atoms with E-state index in [1.165, 1.54) is 0 Å². The number of carbonyl (C=O) groups is 3. The number of allylic oxidation sites excluding steroid dienone is 1. The number of aryl methyl sites for hydroxylation is 1. The van der Waals surface area contributed by atoms with Crippen LogP contribution in [0, 0.1) is 6.92 Å². The first-order chi connectivity index (χ1) is 19.9. The topological polar surface area (TPSA) is 94.6 Å². The van der Waals surface area contributed by atoms with Gasteiger partial charge >= 0.3 is 5.63 Å². The van der Waals surface area contributed by atoms with Crippen molar-refractivity contribution in [3.63, 3.8) is 0 Å². The average molecular weight is 537 g/mol. The smallest absolute Gasteiger partial charge is 0.348 e. The third-order valence-corrected chi connectivity index (χ3v) is 7.40. The fourth-order valence-corrected chi connectivity index (χ4v) is 5.42. The predicted molar refractivity (Wildman–Crippen MR) is 154 cm³/mol. The molecule has 0 unspecified atom stereocenters. The number of hydrogen-bond donors (Lipinski definition) is 0. The zero-order valence-electron chi connectivity index (χ0n) is 21.8. The lowest BCUT2D eigenvalue weighted by molar-refractivity contribution is 0.0986. The lowest BCUT2D eigenvalue weighted by atomic mass is 9.89. The molecule has 6 aromatic rings. The molecule has 41 heavy (non-hydrogen) atoms. The molecule has 0 spiro atoms. The maximum absolute atomic E-state index is 14.2. The molecule has 1 aliphatic rings. The highest BCUT2D eigenvalue weighted by Crippen LogP contribution is 2.41. The molecule has 0 amide bonds. The summed E-state index contributed by atoms with van der Waals surface area (Å²) in [6.07, 6.45) is 0. The van der Waals surface area contributed by atoms with E-state index in [0.29, 0.717) is 16.5 Å². The summed E-state index contributed by atoms with van der Waals surface area (Å²) in [5.41, 5.74) is 1.95. The van der Waals surface area contributed by atoms with Crippen LogP contribution in [0.3, 0.4) is 0 Å². The Balaban J connectivity index is 1.66. The third-order valence-electron chi connectivity index (χ3n) is 7.40.